The monoisotopic (exact) mass is 509 g/mol. The van der Waals surface area contributed by atoms with Crippen LogP contribution < -0.4 is 4.90 Å². The van der Waals surface area contributed by atoms with Crippen LogP contribution in [0.25, 0.3) is 0 Å². The number of fused-ring (bicyclic) bond motifs is 1. The van der Waals surface area contributed by atoms with Crippen molar-refractivity contribution in [3.63, 3.8) is 0 Å². The molecule has 0 aromatic carbocycles. The first kappa shape index (κ1) is 29.1. The predicted octanol–water partition coefficient (Wildman–Crippen LogP) is 5.91. The minimum Gasteiger partial charge on any atom is -0.354 e. The third-order valence-electron chi connectivity index (χ3n) is 6.73. The van der Waals surface area contributed by atoms with E-state index in [-0.39, 0.29) is 0 Å². The molecule has 0 aliphatic carbocycles. The van der Waals surface area contributed by atoms with E-state index in [1.54, 1.807) is 6.33 Å². The summed E-state index contributed by atoms with van der Waals surface area (Å²) < 4.78 is 0. The average molecular weight is 511 g/mol. The van der Waals surface area contributed by atoms with Crippen LogP contribution in [0.15, 0.2) is 29.6 Å². The number of alkyl halides is 1. The van der Waals surface area contributed by atoms with Gasteiger partial charge in [-0.15, -0.1) is 11.6 Å². The van der Waals surface area contributed by atoms with E-state index in [9.17, 15) is 0 Å². The summed E-state index contributed by atoms with van der Waals surface area (Å²) in [6, 6.07) is 0.683. The first-order valence-corrected chi connectivity index (χ1v) is 14.2. The fourth-order valence-corrected chi connectivity index (χ4v) is 5.11. The number of hydrogen-bond donors (Lipinski definition) is 0. The van der Waals surface area contributed by atoms with Crippen LogP contribution in [0.1, 0.15) is 64.6 Å². The molecule has 1 fully saturated rings. The van der Waals surface area contributed by atoms with E-state index in [4.69, 9.17) is 28.2 Å². The zero-order chi connectivity index (χ0) is 24.8. The van der Waals surface area contributed by atoms with Crippen molar-refractivity contribution in [1.82, 2.24) is 19.8 Å². The standard InChI is InChI=1S/C25H39Cl2N5.C2H6/c1-3-4-7-21(2)31-16-18-32(19-17-31)25-23-10-14-30(15-11-24(23)28-20-29-25)13-6-5-8-22(27)9-12-26;1-2/h5,8-9,20-21H,3-4,6-7,10-19H2,1-2H3;1-2H3/b8-5-,22-9+;. The number of halogens is 2. The van der Waals surface area contributed by atoms with Gasteiger partial charge in [-0.05, 0) is 32.3 Å². The number of hydrogen-bond acceptors (Lipinski definition) is 5. The van der Waals surface area contributed by atoms with Gasteiger partial charge in [-0.1, -0.05) is 57.4 Å². The molecule has 1 saturated heterocycles. The van der Waals surface area contributed by atoms with Gasteiger partial charge in [-0.25, -0.2) is 9.97 Å². The van der Waals surface area contributed by atoms with Gasteiger partial charge < -0.3 is 9.80 Å². The number of rotatable bonds is 10. The summed E-state index contributed by atoms with van der Waals surface area (Å²) in [4.78, 5) is 17.1. The Hall–Kier alpha value is -1.14. The highest BCUT2D eigenvalue weighted by molar-refractivity contribution is 6.31. The largest absolute Gasteiger partial charge is 0.354 e. The van der Waals surface area contributed by atoms with E-state index in [0.29, 0.717) is 17.0 Å². The number of piperazine rings is 1. The quantitative estimate of drug-likeness (QED) is 0.289. The van der Waals surface area contributed by atoms with Crippen LogP contribution in [0.2, 0.25) is 0 Å². The average Bonchev–Trinajstić information content (AvgIpc) is 3.09. The molecule has 0 N–H and O–H groups in total. The molecule has 0 amide bonds. The summed E-state index contributed by atoms with van der Waals surface area (Å²) in [5.74, 6) is 1.62. The van der Waals surface area contributed by atoms with E-state index >= 15 is 0 Å². The van der Waals surface area contributed by atoms with Gasteiger partial charge in [0.05, 0.1) is 5.69 Å². The summed E-state index contributed by atoms with van der Waals surface area (Å²) in [5.41, 5.74) is 2.60. The molecule has 1 aromatic rings. The van der Waals surface area contributed by atoms with Gasteiger partial charge in [0.2, 0.25) is 0 Å². The van der Waals surface area contributed by atoms with E-state index in [1.165, 1.54) is 36.3 Å². The van der Waals surface area contributed by atoms with Gasteiger partial charge in [0.15, 0.2) is 0 Å². The molecule has 0 spiro atoms. The van der Waals surface area contributed by atoms with E-state index < -0.39 is 0 Å². The lowest BCUT2D eigenvalue weighted by Gasteiger charge is -2.39. The molecule has 0 bridgehead atoms. The Morgan fingerprint density at radius 2 is 1.82 bits per heavy atom. The lowest BCUT2D eigenvalue weighted by Crippen LogP contribution is -2.50. The minimum atomic E-state index is 0.448. The van der Waals surface area contributed by atoms with Crippen molar-refractivity contribution >= 4 is 29.0 Å². The predicted molar refractivity (Wildman–Crippen MR) is 148 cm³/mol. The van der Waals surface area contributed by atoms with Crippen LogP contribution in [0.4, 0.5) is 5.82 Å². The van der Waals surface area contributed by atoms with E-state index in [2.05, 4.69) is 39.6 Å². The maximum absolute atomic E-state index is 6.08. The molecule has 7 heteroatoms. The summed E-state index contributed by atoms with van der Waals surface area (Å²) >= 11 is 11.8. The number of allylic oxidation sites excluding steroid dienone is 3. The number of nitrogens with zero attached hydrogens (tertiary/aromatic N) is 5. The van der Waals surface area contributed by atoms with Gasteiger partial charge >= 0.3 is 0 Å². The van der Waals surface area contributed by atoms with Crippen LogP contribution in [0, 0.1) is 0 Å². The lowest BCUT2D eigenvalue weighted by molar-refractivity contribution is 0.185. The lowest BCUT2D eigenvalue weighted by atomic mass is 10.1. The maximum Gasteiger partial charge on any atom is 0.135 e. The zero-order valence-corrected chi connectivity index (χ0v) is 23.3. The Kier molecular flexibility index (Phi) is 14.1. The van der Waals surface area contributed by atoms with Crippen molar-refractivity contribution in [2.24, 2.45) is 0 Å². The Balaban J connectivity index is 0.00000199. The zero-order valence-electron chi connectivity index (χ0n) is 21.8. The Morgan fingerprint density at radius 3 is 2.53 bits per heavy atom. The smallest absolute Gasteiger partial charge is 0.135 e. The van der Waals surface area contributed by atoms with E-state index in [0.717, 1.165) is 65.1 Å². The van der Waals surface area contributed by atoms with Crippen molar-refractivity contribution in [1.29, 1.82) is 0 Å². The van der Waals surface area contributed by atoms with Crippen LogP contribution >= 0.6 is 23.2 Å². The van der Waals surface area contributed by atoms with Crippen molar-refractivity contribution < 1.29 is 0 Å². The Bertz CT molecular complexity index is 759. The molecule has 192 valence electrons. The molecule has 2 aliphatic heterocycles. The Labute approximate surface area is 218 Å². The van der Waals surface area contributed by atoms with Gasteiger partial charge in [0.1, 0.15) is 12.1 Å². The number of aromatic nitrogens is 2. The van der Waals surface area contributed by atoms with Crippen LogP contribution in [0.5, 0.6) is 0 Å². The molecule has 3 rings (SSSR count). The molecule has 5 nitrogen and oxygen atoms in total. The number of unbranched alkanes of at least 4 members (excludes halogenated alkanes) is 1. The molecule has 34 heavy (non-hydrogen) atoms. The first-order chi connectivity index (χ1) is 16.6. The first-order valence-electron chi connectivity index (χ1n) is 13.2. The van der Waals surface area contributed by atoms with Crippen LogP contribution in [-0.2, 0) is 12.8 Å². The van der Waals surface area contributed by atoms with Crippen molar-refractivity contribution in [2.45, 2.75) is 72.3 Å². The second kappa shape index (κ2) is 16.5. The SMILES string of the molecule is CC.CCCCC(C)N1CCN(c2ncnc3c2CCN(CC/C=C\C(Cl)=C/CCl)CC3)CC1. The molecule has 1 aromatic heterocycles. The third kappa shape index (κ3) is 9.14. The van der Waals surface area contributed by atoms with Crippen molar-refractivity contribution in [3.05, 3.63) is 40.8 Å². The summed E-state index contributed by atoms with van der Waals surface area (Å²) in [5, 5.41) is 0.711. The summed E-state index contributed by atoms with van der Waals surface area (Å²) in [6.45, 7) is 16.2. The van der Waals surface area contributed by atoms with Crippen molar-refractivity contribution in [3.8, 4) is 0 Å². The fraction of sp³-hybridized carbons (Fsp3) is 0.704. The minimum absolute atomic E-state index is 0.448. The number of anilines is 1. The van der Waals surface area contributed by atoms with Gasteiger partial charge in [0, 0.05) is 74.8 Å². The molecule has 0 saturated carbocycles. The molecule has 1 atom stereocenters. The normalized spacial score (nSPS) is 18.9. The second-order valence-electron chi connectivity index (χ2n) is 8.91. The summed E-state index contributed by atoms with van der Waals surface area (Å²) in [6.07, 6.45) is 14.6. The highest BCUT2D eigenvalue weighted by atomic mass is 35.5. The molecule has 0 radical (unpaired) electrons. The molecular weight excluding hydrogens is 465 g/mol. The van der Waals surface area contributed by atoms with Crippen molar-refractivity contribution in [2.75, 3.05) is 56.6 Å². The van der Waals surface area contributed by atoms with Crippen LogP contribution in [0.3, 0.4) is 0 Å². The third-order valence-corrected chi connectivity index (χ3v) is 7.16. The van der Waals surface area contributed by atoms with Gasteiger partial charge in [0.25, 0.3) is 0 Å². The fourth-order valence-electron chi connectivity index (χ4n) is 4.70. The van der Waals surface area contributed by atoms with Gasteiger partial charge in [-0.3, -0.25) is 4.90 Å². The molecule has 3 heterocycles. The summed E-state index contributed by atoms with van der Waals surface area (Å²) in [7, 11) is 0. The van der Waals surface area contributed by atoms with Gasteiger partial charge in [-0.2, -0.15) is 0 Å². The Morgan fingerprint density at radius 1 is 1.09 bits per heavy atom. The molecule has 1 unspecified atom stereocenters. The second-order valence-corrected chi connectivity index (χ2v) is 9.66. The molecular formula is C27H45Cl2N5. The maximum atomic E-state index is 6.08. The molecule has 2 aliphatic rings. The highest BCUT2D eigenvalue weighted by Crippen LogP contribution is 2.25. The topological polar surface area (TPSA) is 35.5 Å². The van der Waals surface area contributed by atoms with Crippen LogP contribution in [-0.4, -0.2) is 77.5 Å². The highest BCUT2D eigenvalue weighted by Gasteiger charge is 2.25. The van der Waals surface area contributed by atoms with E-state index in [1.807, 2.05) is 26.0 Å².